The van der Waals surface area contributed by atoms with Crippen LogP contribution in [0, 0.1) is 0 Å². The summed E-state index contributed by atoms with van der Waals surface area (Å²) in [5.74, 6) is -0.113. The topological polar surface area (TPSA) is 83.0 Å². The molecule has 1 aliphatic carbocycles. The molecule has 0 aliphatic heterocycles. The number of aliphatic hydroxyl groups is 1. The van der Waals surface area contributed by atoms with Gasteiger partial charge in [-0.3, -0.25) is 9.59 Å². The van der Waals surface area contributed by atoms with Crippen molar-refractivity contribution in [3.63, 3.8) is 0 Å². The van der Waals surface area contributed by atoms with E-state index >= 15 is 0 Å². The van der Waals surface area contributed by atoms with Crippen LogP contribution in [0.3, 0.4) is 0 Å². The molecule has 2 N–H and O–H groups in total. The van der Waals surface area contributed by atoms with Crippen molar-refractivity contribution < 1.29 is 14.7 Å². The highest BCUT2D eigenvalue weighted by molar-refractivity contribution is 6.24. The Kier molecular flexibility index (Phi) is 5.00. The number of aryl methyl sites for hydroxylation is 1. The molecule has 2 rings (SSSR count). The molecule has 0 bridgehead atoms. The Morgan fingerprint density at radius 2 is 1.61 bits per heavy atom. The van der Waals surface area contributed by atoms with Crippen LogP contribution in [0.5, 0.6) is 0 Å². The zero-order valence-electron chi connectivity index (χ0n) is 14.2. The van der Waals surface area contributed by atoms with Crippen LogP contribution in [0.2, 0.25) is 0 Å². The fourth-order valence-corrected chi connectivity index (χ4v) is 2.71. The number of aromatic amines is 1. The molecule has 0 saturated heterocycles. The zero-order valence-corrected chi connectivity index (χ0v) is 14.2. The normalized spacial score (nSPS) is 16.6. The minimum absolute atomic E-state index is 0.0487. The Morgan fingerprint density at radius 3 is 2.09 bits per heavy atom. The van der Waals surface area contributed by atoms with Crippen molar-refractivity contribution >= 4 is 11.6 Å². The highest BCUT2D eigenvalue weighted by atomic mass is 16.3. The Hall–Kier alpha value is -2.01. The van der Waals surface area contributed by atoms with Gasteiger partial charge in [0.2, 0.25) is 0 Å². The Bertz CT molecular complexity index is 674. The molecule has 5 heteroatoms. The molecule has 1 aromatic heterocycles. The van der Waals surface area contributed by atoms with Gasteiger partial charge in [-0.2, -0.15) is 0 Å². The lowest BCUT2D eigenvalue weighted by Gasteiger charge is -2.23. The number of ketones is 2. The van der Waals surface area contributed by atoms with Gasteiger partial charge in [-0.1, -0.05) is 0 Å². The van der Waals surface area contributed by atoms with E-state index < -0.39 is 5.60 Å². The molecule has 124 valence electrons. The van der Waals surface area contributed by atoms with Gasteiger partial charge in [0.15, 0.2) is 11.6 Å². The summed E-state index contributed by atoms with van der Waals surface area (Å²) in [6, 6.07) is 0. The number of carbonyl (C=O) groups excluding carboxylic acids is 2. The maximum absolute atomic E-state index is 12.6. The number of carbonyl (C=O) groups is 2. The van der Waals surface area contributed by atoms with Crippen LogP contribution in [0.1, 0.15) is 52.7 Å². The fraction of sp³-hybridized carbons (Fsp3) is 0.500. The van der Waals surface area contributed by atoms with E-state index in [4.69, 9.17) is 0 Å². The van der Waals surface area contributed by atoms with Crippen molar-refractivity contribution in [3.8, 4) is 0 Å². The molecule has 0 amide bonds. The lowest BCUT2D eigenvalue weighted by Crippen LogP contribution is -2.25. The summed E-state index contributed by atoms with van der Waals surface area (Å²) < 4.78 is 0. The molecule has 0 aromatic carbocycles. The fourth-order valence-electron chi connectivity index (χ4n) is 2.71. The largest absolute Gasteiger partial charge is 0.390 e. The standard InChI is InChI=1S/C18H24N2O3/c1-11-12(2)17(22)15(7-8-18(3,4)23)14(16(11)21)6-5-13-9-19-10-20-13/h9-10,23H,5-8H2,1-4H3,(H,19,20). The average Bonchev–Trinajstić information content (AvgIpc) is 2.98. The molecule has 0 spiro atoms. The van der Waals surface area contributed by atoms with E-state index in [0.717, 1.165) is 5.69 Å². The Morgan fingerprint density at radius 1 is 1.04 bits per heavy atom. The van der Waals surface area contributed by atoms with Crippen LogP contribution >= 0.6 is 0 Å². The van der Waals surface area contributed by atoms with Gasteiger partial charge in [0.1, 0.15) is 0 Å². The summed E-state index contributed by atoms with van der Waals surface area (Å²) in [5.41, 5.74) is 2.25. The van der Waals surface area contributed by atoms with E-state index in [1.165, 1.54) is 0 Å². The maximum Gasteiger partial charge on any atom is 0.185 e. The third kappa shape index (κ3) is 4.05. The molecule has 0 radical (unpaired) electrons. The summed E-state index contributed by atoms with van der Waals surface area (Å²) in [6.07, 6.45) is 5.31. The highest BCUT2D eigenvalue weighted by Crippen LogP contribution is 2.31. The number of hydrogen-bond acceptors (Lipinski definition) is 4. The van der Waals surface area contributed by atoms with Gasteiger partial charge < -0.3 is 10.1 Å². The van der Waals surface area contributed by atoms with E-state index in [1.54, 1.807) is 40.2 Å². The summed E-state index contributed by atoms with van der Waals surface area (Å²) in [6.45, 7) is 6.83. The second-order valence-corrected chi connectivity index (χ2v) is 6.75. The van der Waals surface area contributed by atoms with E-state index in [1.807, 2.05) is 0 Å². The number of aromatic nitrogens is 2. The molecule has 1 aliphatic rings. The second-order valence-electron chi connectivity index (χ2n) is 6.75. The minimum atomic E-state index is -0.866. The number of nitrogens with zero attached hydrogens (tertiary/aromatic N) is 1. The quantitative estimate of drug-likeness (QED) is 0.790. The molecule has 1 heterocycles. The maximum atomic E-state index is 12.6. The summed E-state index contributed by atoms with van der Waals surface area (Å²) >= 11 is 0. The first-order valence-electron chi connectivity index (χ1n) is 7.89. The van der Waals surface area contributed by atoms with Gasteiger partial charge in [0, 0.05) is 34.2 Å². The van der Waals surface area contributed by atoms with Gasteiger partial charge >= 0.3 is 0 Å². The molecular weight excluding hydrogens is 292 g/mol. The first kappa shape index (κ1) is 17.3. The van der Waals surface area contributed by atoms with Crippen LogP contribution in [-0.2, 0) is 16.0 Å². The van der Waals surface area contributed by atoms with Crippen molar-refractivity contribution in [1.82, 2.24) is 9.97 Å². The van der Waals surface area contributed by atoms with Gasteiger partial charge in [-0.05, 0) is 53.4 Å². The highest BCUT2D eigenvalue weighted by Gasteiger charge is 2.30. The van der Waals surface area contributed by atoms with Gasteiger partial charge in [0.05, 0.1) is 11.9 Å². The number of H-pyrrole nitrogens is 1. The molecule has 0 atom stereocenters. The van der Waals surface area contributed by atoms with Crippen molar-refractivity contribution in [2.45, 2.75) is 59.0 Å². The molecule has 0 unspecified atom stereocenters. The van der Waals surface area contributed by atoms with E-state index in [2.05, 4.69) is 9.97 Å². The number of allylic oxidation sites excluding steroid dienone is 4. The average molecular weight is 316 g/mol. The Labute approximate surface area is 136 Å². The molecule has 0 saturated carbocycles. The first-order valence-corrected chi connectivity index (χ1v) is 7.89. The van der Waals surface area contributed by atoms with Crippen LogP contribution < -0.4 is 0 Å². The van der Waals surface area contributed by atoms with E-state index in [9.17, 15) is 14.7 Å². The Balaban J connectivity index is 2.28. The summed E-state index contributed by atoms with van der Waals surface area (Å²) in [5, 5.41) is 9.94. The van der Waals surface area contributed by atoms with Crippen molar-refractivity contribution in [1.29, 1.82) is 0 Å². The predicted octanol–water partition coefficient (Wildman–Crippen LogP) is 2.68. The SMILES string of the molecule is CC1=C(C)C(=O)C(CCC(C)(C)O)=C(CCc2cnc[nH]2)C1=O. The lowest BCUT2D eigenvalue weighted by molar-refractivity contribution is -0.116. The number of hydrogen-bond donors (Lipinski definition) is 2. The smallest absolute Gasteiger partial charge is 0.185 e. The lowest BCUT2D eigenvalue weighted by atomic mass is 9.80. The molecule has 1 aromatic rings. The number of rotatable bonds is 6. The van der Waals surface area contributed by atoms with Gasteiger partial charge in [0.25, 0.3) is 0 Å². The second kappa shape index (κ2) is 6.62. The molecule has 0 fully saturated rings. The third-order valence-electron chi connectivity index (χ3n) is 4.34. The number of imidazole rings is 1. The van der Waals surface area contributed by atoms with E-state index in [0.29, 0.717) is 48.0 Å². The number of nitrogens with one attached hydrogen (secondary N) is 1. The summed E-state index contributed by atoms with van der Waals surface area (Å²) in [4.78, 5) is 32.2. The predicted molar refractivity (Wildman–Crippen MR) is 87.9 cm³/mol. The minimum Gasteiger partial charge on any atom is -0.390 e. The van der Waals surface area contributed by atoms with E-state index in [-0.39, 0.29) is 11.6 Å². The van der Waals surface area contributed by atoms with Crippen molar-refractivity contribution in [3.05, 3.63) is 40.5 Å². The van der Waals surface area contributed by atoms with Crippen molar-refractivity contribution in [2.24, 2.45) is 0 Å². The van der Waals surface area contributed by atoms with Crippen molar-refractivity contribution in [2.75, 3.05) is 0 Å². The first-order chi connectivity index (χ1) is 10.7. The van der Waals surface area contributed by atoms with Gasteiger partial charge in [-0.25, -0.2) is 4.98 Å². The monoisotopic (exact) mass is 316 g/mol. The van der Waals surface area contributed by atoms with Crippen LogP contribution in [0.25, 0.3) is 0 Å². The molecule has 23 heavy (non-hydrogen) atoms. The third-order valence-corrected chi connectivity index (χ3v) is 4.34. The van der Waals surface area contributed by atoms with Crippen LogP contribution in [0.4, 0.5) is 0 Å². The molecular formula is C18H24N2O3. The zero-order chi connectivity index (χ0) is 17.2. The van der Waals surface area contributed by atoms with Crippen LogP contribution in [-0.4, -0.2) is 32.2 Å². The van der Waals surface area contributed by atoms with Gasteiger partial charge in [-0.15, -0.1) is 0 Å². The number of Topliss-reactive ketones (excluding diaryl/α,β-unsaturated/α-hetero) is 2. The molecule has 5 nitrogen and oxygen atoms in total. The summed E-state index contributed by atoms with van der Waals surface area (Å²) in [7, 11) is 0. The van der Waals surface area contributed by atoms with Crippen LogP contribution in [0.15, 0.2) is 34.8 Å².